The fourth-order valence-electron chi connectivity index (χ4n) is 1.61. The summed E-state index contributed by atoms with van der Waals surface area (Å²) in [6.45, 7) is 4.01. The molecule has 86 valence electrons. The van der Waals surface area contributed by atoms with Gasteiger partial charge in [0.1, 0.15) is 0 Å². The Hall–Kier alpha value is -1.71. The molecule has 0 saturated heterocycles. The first kappa shape index (κ1) is 10.8. The summed E-state index contributed by atoms with van der Waals surface area (Å²) in [6.07, 6.45) is 0. The number of ether oxygens (including phenoxy) is 2. The van der Waals surface area contributed by atoms with Crippen LogP contribution in [0.1, 0.15) is 13.8 Å². The Balaban J connectivity index is 2.24. The molecule has 0 fully saturated rings. The first-order valence-corrected chi connectivity index (χ1v) is 5.27. The van der Waals surface area contributed by atoms with Gasteiger partial charge in [-0.1, -0.05) is 13.8 Å². The Kier molecular flexibility index (Phi) is 2.73. The highest BCUT2D eigenvalue weighted by Gasteiger charge is 2.18. The van der Waals surface area contributed by atoms with Gasteiger partial charge in [-0.05, 0) is 12.1 Å². The third kappa shape index (κ3) is 1.83. The summed E-state index contributed by atoms with van der Waals surface area (Å²) in [5, 5.41) is 0. The molecule has 0 N–H and O–H groups in total. The predicted molar refractivity (Wildman–Crippen MR) is 60.8 cm³/mol. The largest absolute Gasteiger partial charge is 0.454 e. The van der Waals surface area contributed by atoms with E-state index >= 15 is 0 Å². The summed E-state index contributed by atoms with van der Waals surface area (Å²) < 4.78 is 10.5. The van der Waals surface area contributed by atoms with E-state index in [2.05, 4.69) is 0 Å². The Labute approximate surface area is 94.8 Å². The van der Waals surface area contributed by atoms with Crippen molar-refractivity contribution in [2.24, 2.45) is 5.92 Å². The molecule has 0 aromatic heterocycles. The minimum absolute atomic E-state index is 0.0181. The molecule has 1 aromatic carbocycles. The number of nitrogens with zero attached hydrogens (tertiary/aromatic N) is 1. The fraction of sp³-hybridized carbons (Fsp3) is 0.417. The van der Waals surface area contributed by atoms with E-state index in [0.29, 0.717) is 5.75 Å². The maximum atomic E-state index is 11.8. The third-order valence-electron chi connectivity index (χ3n) is 2.57. The van der Waals surface area contributed by atoms with Crippen molar-refractivity contribution in [1.29, 1.82) is 0 Å². The summed E-state index contributed by atoms with van der Waals surface area (Å²) in [5.74, 6) is 1.49. The first-order valence-electron chi connectivity index (χ1n) is 5.27. The van der Waals surface area contributed by atoms with E-state index in [1.54, 1.807) is 11.9 Å². The van der Waals surface area contributed by atoms with Gasteiger partial charge in [0.25, 0.3) is 0 Å². The molecule has 1 amide bonds. The average Bonchev–Trinajstić information content (AvgIpc) is 2.73. The molecule has 0 bridgehead atoms. The second kappa shape index (κ2) is 4.04. The van der Waals surface area contributed by atoms with Crippen LogP contribution in [0, 0.1) is 5.92 Å². The molecule has 16 heavy (non-hydrogen) atoms. The first-order chi connectivity index (χ1) is 7.59. The number of amides is 1. The number of fused-ring (bicyclic) bond motifs is 1. The molecule has 1 aromatic rings. The van der Waals surface area contributed by atoms with Crippen LogP contribution in [0.5, 0.6) is 11.5 Å². The molecule has 0 unspecified atom stereocenters. The minimum Gasteiger partial charge on any atom is -0.454 e. The lowest BCUT2D eigenvalue weighted by molar-refractivity contribution is -0.121. The van der Waals surface area contributed by atoms with Crippen LogP contribution < -0.4 is 14.4 Å². The zero-order chi connectivity index (χ0) is 11.7. The van der Waals surface area contributed by atoms with Gasteiger partial charge < -0.3 is 14.4 Å². The lowest BCUT2D eigenvalue weighted by Crippen LogP contribution is -2.30. The van der Waals surface area contributed by atoms with Crippen LogP contribution in [0.3, 0.4) is 0 Å². The minimum atomic E-state index is -0.0181. The van der Waals surface area contributed by atoms with Crippen molar-refractivity contribution >= 4 is 11.6 Å². The smallest absolute Gasteiger partial charge is 0.231 e. The number of carbonyl (C=O) groups is 1. The quantitative estimate of drug-likeness (QED) is 0.767. The molecule has 1 aliphatic rings. The fourth-order valence-corrected chi connectivity index (χ4v) is 1.61. The van der Waals surface area contributed by atoms with Gasteiger partial charge in [-0.25, -0.2) is 0 Å². The van der Waals surface area contributed by atoms with Crippen LogP contribution in [0.4, 0.5) is 5.69 Å². The van der Waals surface area contributed by atoms with Crippen molar-refractivity contribution in [2.75, 3.05) is 18.7 Å². The standard InChI is InChI=1S/C12H15NO3/c1-8(2)12(14)13(3)9-4-5-10-11(6-9)16-7-15-10/h4-6,8H,7H2,1-3H3. The molecule has 0 saturated carbocycles. The van der Waals surface area contributed by atoms with E-state index in [4.69, 9.17) is 9.47 Å². The lowest BCUT2D eigenvalue weighted by Gasteiger charge is -2.19. The van der Waals surface area contributed by atoms with Crippen LogP contribution in [0.2, 0.25) is 0 Å². The number of hydrogen-bond donors (Lipinski definition) is 0. The molecule has 0 aliphatic carbocycles. The highest BCUT2D eigenvalue weighted by Crippen LogP contribution is 2.35. The van der Waals surface area contributed by atoms with E-state index in [9.17, 15) is 4.79 Å². The van der Waals surface area contributed by atoms with Gasteiger partial charge in [-0.15, -0.1) is 0 Å². The Morgan fingerprint density at radius 3 is 2.69 bits per heavy atom. The topological polar surface area (TPSA) is 38.8 Å². The highest BCUT2D eigenvalue weighted by molar-refractivity contribution is 5.94. The summed E-state index contributed by atoms with van der Waals surface area (Å²) in [4.78, 5) is 13.4. The van der Waals surface area contributed by atoms with Crippen molar-refractivity contribution in [3.8, 4) is 11.5 Å². The van der Waals surface area contributed by atoms with Gasteiger partial charge in [0.15, 0.2) is 11.5 Å². The normalized spacial score (nSPS) is 13.0. The van der Waals surface area contributed by atoms with Crippen molar-refractivity contribution in [1.82, 2.24) is 0 Å². The summed E-state index contributed by atoms with van der Waals surface area (Å²) in [7, 11) is 1.76. The predicted octanol–water partition coefficient (Wildman–Crippen LogP) is 2.03. The highest BCUT2D eigenvalue weighted by atomic mass is 16.7. The van der Waals surface area contributed by atoms with E-state index in [1.165, 1.54) is 0 Å². The van der Waals surface area contributed by atoms with Gasteiger partial charge in [-0.3, -0.25) is 4.79 Å². The van der Waals surface area contributed by atoms with E-state index in [-0.39, 0.29) is 18.6 Å². The molecule has 0 radical (unpaired) electrons. The molecule has 0 atom stereocenters. The van der Waals surface area contributed by atoms with Crippen molar-refractivity contribution in [3.63, 3.8) is 0 Å². The molecular formula is C12H15NO3. The second-order valence-electron chi connectivity index (χ2n) is 4.09. The monoisotopic (exact) mass is 221 g/mol. The maximum Gasteiger partial charge on any atom is 0.231 e. The summed E-state index contributed by atoms with van der Waals surface area (Å²) in [6, 6.07) is 5.50. The Morgan fingerprint density at radius 1 is 1.31 bits per heavy atom. The lowest BCUT2D eigenvalue weighted by atomic mass is 10.1. The summed E-state index contributed by atoms with van der Waals surface area (Å²) in [5.41, 5.74) is 0.822. The zero-order valence-electron chi connectivity index (χ0n) is 9.69. The number of carbonyl (C=O) groups excluding carboxylic acids is 1. The van der Waals surface area contributed by atoms with Gasteiger partial charge >= 0.3 is 0 Å². The van der Waals surface area contributed by atoms with Crippen molar-refractivity contribution < 1.29 is 14.3 Å². The number of rotatable bonds is 2. The Morgan fingerprint density at radius 2 is 2.00 bits per heavy atom. The molecule has 4 heteroatoms. The van der Waals surface area contributed by atoms with Crippen LogP contribution >= 0.6 is 0 Å². The van der Waals surface area contributed by atoms with Gasteiger partial charge in [-0.2, -0.15) is 0 Å². The maximum absolute atomic E-state index is 11.8. The van der Waals surface area contributed by atoms with Crippen LogP contribution in [-0.2, 0) is 4.79 Å². The SMILES string of the molecule is CC(C)C(=O)N(C)c1ccc2c(c1)OCO2. The second-order valence-corrected chi connectivity index (χ2v) is 4.09. The van der Waals surface area contributed by atoms with E-state index in [1.807, 2.05) is 32.0 Å². The van der Waals surface area contributed by atoms with Gasteiger partial charge in [0, 0.05) is 24.7 Å². The molecule has 4 nitrogen and oxygen atoms in total. The molecule has 1 aliphatic heterocycles. The number of benzene rings is 1. The number of anilines is 1. The van der Waals surface area contributed by atoms with E-state index in [0.717, 1.165) is 11.4 Å². The van der Waals surface area contributed by atoms with Crippen molar-refractivity contribution in [3.05, 3.63) is 18.2 Å². The van der Waals surface area contributed by atoms with Crippen molar-refractivity contribution in [2.45, 2.75) is 13.8 Å². The summed E-state index contributed by atoms with van der Waals surface area (Å²) >= 11 is 0. The van der Waals surface area contributed by atoms with Crippen LogP contribution in [0.25, 0.3) is 0 Å². The van der Waals surface area contributed by atoms with Crippen LogP contribution in [-0.4, -0.2) is 19.7 Å². The van der Waals surface area contributed by atoms with E-state index < -0.39 is 0 Å². The van der Waals surface area contributed by atoms with Gasteiger partial charge in [0.05, 0.1) is 0 Å². The molecule has 1 heterocycles. The van der Waals surface area contributed by atoms with Gasteiger partial charge in [0.2, 0.25) is 12.7 Å². The molecule has 0 spiro atoms. The average molecular weight is 221 g/mol. The molecule has 2 rings (SSSR count). The third-order valence-corrected chi connectivity index (χ3v) is 2.57. The van der Waals surface area contributed by atoms with Crippen LogP contribution in [0.15, 0.2) is 18.2 Å². The Bertz CT molecular complexity index is 415. The zero-order valence-corrected chi connectivity index (χ0v) is 9.69. The number of hydrogen-bond acceptors (Lipinski definition) is 3. The molecular weight excluding hydrogens is 206 g/mol.